The number of hydrogen-bond donors (Lipinski definition) is 0. The van der Waals surface area contributed by atoms with Crippen molar-refractivity contribution in [2.24, 2.45) is 0 Å². The van der Waals surface area contributed by atoms with Crippen LogP contribution in [0.4, 0.5) is 0 Å². The SMILES string of the molecule is CC(=O)C(Cl)c1c(I)cccc1C=O. The Labute approximate surface area is 101 Å². The van der Waals surface area contributed by atoms with Gasteiger partial charge in [-0.05, 0) is 35.6 Å². The lowest BCUT2D eigenvalue weighted by atomic mass is 10.0. The molecular weight excluding hydrogens is 314 g/mol. The van der Waals surface area contributed by atoms with Crippen molar-refractivity contribution in [2.75, 3.05) is 0 Å². The number of ketones is 1. The molecule has 14 heavy (non-hydrogen) atoms. The molecule has 0 radical (unpaired) electrons. The summed E-state index contributed by atoms with van der Waals surface area (Å²) in [5, 5.41) is -0.733. The lowest BCUT2D eigenvalue weighted by molar-refractivity contribution is -0.116. The summed E-state index contributed by atoms with van der Waals surface area (Å²) < 4.78 is 0.836. The van der Waals surface area contributed by atoms with E-state index in [1.165, 1.54) is 6.92 Å². The van der Waals surface area contributed by atoms with Crippen molar-refractivity contribution in [3.63, 3.8) is 0 Å². The molecule has 74 valence electrons. The van der Waals surface area contributed by atoms with Crippen molar-refractivity contribution in [3.8, 4) is 0 Å². The van der Waals surface area contributed by atoms with Gasteiger partial charge in [0.25, 0.3) is 0 Å². The standard InChI is InChI=1S/C10H8ClIO2/c1-6(14)10(11)9-7(5-13)3-2-4-8(9)12/h2-5,10H,1H3. The van der Waals surface area contributed by atoms with Crippen LogP contribution in [0.1, 0.15) is 28.2 Å². The van der Waals surface area contributed by atoms with Gasteiger partial charge in [-0.15, -0.1) is 11.6 Å². The van der Waals surface area contributed by atoms with Gasteiger partial charge in [0.05, 0.1) is 0 Å². The van der Waals surface area contributed by atoms with Crippen LogP contribution in [-0.4, -0.2) is 12.1 Å². The monoisotopic (exact) mass is 322 g/mol. The molecule has 0 saturated carbocycles. The predicted molar refractivity (Wildman–Crippen MR) is 63.8 cm³/mol. The van der Waals surface area contributed by atoms with Crippen LogP contribution in [0.5, 0.6) is 0 Å². The van der Waals surface area contributed by atoms with Gasteiger partial charge in [-0.25, -0.2) is 0 Å². The molecule has 0 aromatic heterocycles. The second-order valence-electron chi connectivity index (χ2n) is 2.83. The molecule has 1 rings (SSSR count). The highest BCUT2D eigenvalue weighted by atomic mass is 127. The highest BCUT2D eigenvalue weighted by Crippen LogP contribution is 2.28. The average Bonchev–Trinajstić information content (AvgIpc) is 2.16. The van der Waals surface area contributed by atoms with E-state index in [-0.39, 0.29) is 5.78 Å². The molecule has 1 unspecified atom stereocenters. The second-order valence-corrected chi connectivity index (χ2v) is 4.43. The molecule has 0 aliphatic carbocycles. The van der Waals surface area contributed by atoms with E-state index in [2.05, 4.69) is 22.6 Å². The van der Waals surface area contributed by atoms with Crippen molar-refractivity contribution in [2.45, 2.75) is 12.3 Å². The van der Waals surface area contributed by atoms with Crippen molar-refractivity contribution < 1.29 is 9.59 Å². The van der Waals surface area contributed by atoms with Gasteiger partial charge in [0.1, 0.15) is 11.7 Å². The van der Waals surface area contributed by atoms with E-state index < -0.39 is 5.38 Å². The first-order valence-electron chi connectivity index (χ1n) is 3.96. The fourth-order valence-electron chi connectivity index (χ4n) is 1.13. The van der Waals surface area contributed by atoms with Crippen LogP contribution in [0.2, 0.25) is 0 Å². The van der Waals surface area contributed by atoms with Crippen molar-refractivity contribution in [1.82, 2.24) is 0 Å². The molecule has 0 aliphatic rings. The molecule has 1 atom stereocenters. The lowest BCUT2D eigenvalue weighted by Gasteiger charge is -2.10. The summed E-state index contributed by atoms with van der Waals surface area (Å²) in [5.41, 5.74) is 1.09. The number of carbonyl (C=O) groups excluding carboxylic acids is 2. The number of halogens is 2. The molecule has 0 fully saturated rings. The van der Waals surface area contributed by atoms with Gasteiger partial charge in [0, 0.05) is 14.7 Å². The van der Waals surface area contributed by atoms with Gasteiger partial charge < -0.3 is 0 Å². The number of hydrogen-bond acceptors (Lipinski definition) is 2. The van der Waals surface area contributed by atoms with Crippen LogP contribution in [0, 0.1) is 3.57 Å². The number of rotatable bonds is 3. The van der Waals surface area contributed by atoms with Crippen LogP contribution < -0.4 is 0 Å². The zero-order valence-electron chi connectivity index (χ0n) is 7.46. The normalized spacial score (nSPS) is 12.2. The first-order chi connectivity index (χ1) is 6.57. The van der Waals surface area contributed by atoms with Crippen LogP contribution in [0.15, 0.2) is 18.2 Å². The molecule has 1 aromatic carbocycles. The summed E-state index contributed by atoms with van der Waals surface area (Å²) in [4.78, 5) is 21.8. The second kappa shape index (κ2) is 4.89. The molecular formula is C10H8ClIO2. The number of Topliss-reactive ketones (excluding diaryl/α,β-unsaturated/α-hetero) is 1. The lowest BCUT2D eigenvalue weighted by Crippen LogP contribution is -2.07. The topological polar surface area (TPSA) is 34.1 Å². The first kappa shape index (κ1) is 11.7. The summed E-state index contributed by atoms with van der Waals surface area (Å²) in [6.07, 6.45) is 0.718. The van der Waals surface area contributed by atoms with Gasteiger partial charge in [-0.2, -0.15) is 0 Å². The summed E-state index contributed by atoms with van der Waals surface area (Å²) >= 11 is 7.98. The zero-order valence-corrected chi connectivity index (χ0v) is 10.4. The van der Waals surface area contributed by atoms with E-state index >= 15 is 0 Å². The largest absolute Gasteiger partial charge is 0.298 e. The summed E-state index contributed by atoms with van der Waals surface area (Å²) in [5.74, 6) is -0.154. The number of alkyl halides is 1. The molecule has 0 N–H and O–H groups in total. The minimum absolute atomic E-state index is 0.154. The molecule has 0 spiro atoms. The fourth-order valence-corrected chi connectivity index (χ4v) is 2.39. The van der Waals surface area contributed by atoms with Crippen molar-refractivity contribution in [1.29, 1.82) is 0 Å². The summed E-state index contributed by atoms with van der Waals surface area (Å²) in [6.45, 7) is 1.41. The Kier molecular flexibility index (Phi) is 4.07. The maximum Gasteiger partial charge on any atom is 0.152 e. The van der Waals surface area contributed by atoms with Crippen LogP contribution in [0.3, 0.4) is 0 Å². The third-order valence-electron chi connectivity index (χ3n) is 1.82. The Balaban J connectivity index is 3.30. The van der Waals surface area contributed by atoms with E-state index in [1.807, 2.05) is 6.07 Å². The average molecular weight is 323 g/mol. The Morgan fingerprint density at radius 2 is 2.21 bits per heavy atom. The molecule has 2 nitrogen and oxygen atoms in total. The van der Waals surface area contributed by atoms with Crippen molar-refractivity contribution in [3.05, 3.63) is 32.9 Å². The molecule has 0 heterocycles. The molecule has 0 amide bonds. The maximum atomic E-state index is 11.1. The summed E-state index contributed by atoms with van der Waals surface area (Å²) in [6, 6.07) is 5.24. The Morgan fingerprint density at radius 3 is 2.71 bits per heavy atom. The molecule has 0 aliphatic heterocycles. The molecule has 0 bridgehead atoms. The molecule has 1 aromatic rings. The summed E-state index contributed by atoms with van der Waals surface area (Å²) in [7, 11) is 0. The fraction of sp³-hybridized carbons (Fsp3) is 0.200. The third-order valence-corrected chi connectivity index (χ3v) is 3.29. The maximum absolute atomic E-state index is 11.1. The minimum Gasteiger partial charge on any atom is -0.298 e. The Morgan fingerprint density at radius 1 is 1.57 bits per heavy atom. The first-order valence-corrected chi connectivity index (χ1v) is 5.47. The number of carbonyl (C=O) groups is 2. The quantitative estimate of drug-likeness (QED) is 0.487. The predicted octanol–water partition coefficient (Wildman–Crippen LogP) is 2.97. The number of benzene rings is 1. The van der Waals surface area contributed by atoms with Gasteiger partial charge in [0.2, 0.25) is 0 Å². The Bertz CT molecular complexity index is 376. The smallest absolute Gasteiger partial charge is 0.152 e. The highest BCUT2D eigenvalue weighted by molar-refractivity contribution is 14.1. The van der Waals surface area contributed by atoms with Crippen LogP contribution >= 0.6 is 34.2 Å². The van der Waals surface area contributed by atoms with Crippen LogP contribution in [0.25, 0.3) is 0 Å². The highest BCUT2D eigenvalue weighted by Gasteiger charge is 2.19. The van der Waals surface area contributed by atoms with E-state index in [9.17, 15) is 9.59 Å². The van der Waals surface area contributed by atoms with E-state index in [0.29, 0.717) is 11.1 Å². The van der Waals surface area contributed by atoms with Gasteiger partial charge in [0.15, 0.2) is 5.78 Å². The Hall–Kier alpha value is -0.420. The molecule has 4 heteroatoms. The zero-order chi connectivity index (χ0) is 10.7. The number of aldehydes is 1. The van der Waals surface area contributed by atoms with Crippen molar-refractivity contribution >= 4 is 46.3 Å². The van der Waals surface area contributed by atoms with Gasteiger partial charge >= 0.3 is 0 Å². The van der Waals surface area contributed by atoms with E-state index in [4.69, 9.17) is 11.6 Å². The minimum atomic E-state index is -0.733. The van der Waals surface area contributed by atoms with Gasteiger partial charge in [-0.1, -0.05) is 12.1 Å². The van der Waals surface area contributed by atoms with Gasteiger partial charge in [-0.3, -0.25) is 9.59 Å². The third kappa shape index (κ3) is 2.33. The van der Waals surface area contributed by atoms with E-state index in [1.54, 1.807) is 12.1 Å². The van der Waals surface area contributed by atoms with Crippen LogP contribution in [-0.2, 0) is 4.79 Å². The van der Waals surface area contributed by atoms with E-state index in [0.717, 1.165) is 9.86 Å². The molecule has 0 saturated heterocycles.